The molecular formula is C6H14ClNO. The summed E-state index contributed by atoms with van der Waals surface area (Å²) < 4.78 is 6.18. The van der Waals surface area contributed by atoms with Gasteiger partial charge in [-0.25, -0.2) is 0 Å². The van der Waals surface area contributed by atoms with E-state index in [0.29, 0.717) is 0 Å². The van der Waals surface area contributed by atoms with E-state index in [1.165, 1.54) is 13.0 Å². The average Bonchev–Trinajstić information content (AvgIpc) is 1.64. The molecule has 0 amide bonds. The Bertz CT molecular complexity index is 83.1. The molecule has 0 spiro atoms. The molecular weight excluding hydrogens is 138 g/mol. The molecule has 0 aromatic heterocycles. The second kappa shape index (κ2) is 3.40. The zero-order chi connectivity index (χ0) is 6.04. The molecule has 0 aliphatic carbocycles. The molecule has 2 nitrogen and oxygen atoms in total. The van der Waals surface area contributed by atoms with Crippen LogP contribution in [0, 0.1) is 0 Å². The van der Waals surface area contributed by atoms with Gasteiger partial charge < -0.3 is 12.4 Å². The van der Waals surface area contributed by atoms with Crippen LogP contribution >= 0.6 is 0 Å². The summed E-state index contributed by atoms with van der Waals surface area (Å²) in [6.45, 7) is 5.32. The minimum Gasteiger partial charge on any atom is -1.00 e. The highest BCUT2D eigenvalue weighted by molar-refractivity contribution is 4.32. The van der Waals surface area contributed by atoms with Crippen LogP contribution in [0.2, 0.25) is 0 Å². The third-order valence-corrected chi connectivity index (χ3v) is 1.57. The lowest BCUT2D eigenvalue weighted by Gasteiger charge is -2.40. The molecule has 0 aromatic carbocycles. The van der Waals surface area contributed by atoms with Crippen LogP contribution in [-0.2, 0) is 4.74 Å². The molecule has 0 N–H and O–H groups in total. The fourth-order valence-electron chi connectivity index (χ4n) is 1.07. The van der Waals surface area contributed by atoms with E-state index in [4.69, 9.17) is 4.74 Å². The summed E-state index contributed by atoms with van der Waals surface area (Å²) in [7, 11) is 2.23. The Kier molecular flexibility index (Phi) is 3.48. The van der Waals surface area contributed by atoms with Crippen LogP contribution in [0.5, 0.6) is 0 Å². The van der Waals surface area contributed by atoms with Gasteiger partial charge in [0.05, 0.1) is 13.6 Å². The predicted molar refractivity (Wildman–Crippen MR) is 32.2 cm³/mol. The van der Waals surface area contributed by atoms with Gasteiger partial charge in [-0.15, -0.1) is 0 Å². The fourth-order valence-corrected chi connectivity index (χ4v) is 1.07. The molecule has 1 fully saturated rings. The normalized spacial score (nSPS) is 22.0. The molecule has 1 rings (SSSR count). The maximum atomic E-state index is 5.06. The van der Waals surface area contributed by atoms with Crippen LogP contribution in [0.15, 0.2) is 0 Å². The van der Waals surface area contributed by atoms with Gasteiger partial charge in [0.2, 0.25) is 0 Å². The van der Waals surface area contributed by atoms with Crippen molar-refractivity contribution in [3.05, 3.63) is 0 Å². The summed E-state index contributed by atoms with van der Waals surface area (Å²) in [5.74, 6) is 0. The van der Waals surface area contributed by atoms with Crippen molar-refractivity contribution in [1.82, 2.24) is 0 Å². The van der Waals surface area contributed by atoms with Gasteiger partial charge in [0.25, 0.3) is 0 Å². The van der Waals surface area contributed by atoms with Crippen molar-refractivity contribution in [3.63, 3.8) is 0 Å². The zero-order valence-electron chi connectivity index (χ0n) is 6.06. The Morgan fingerprint density at radius 3 is 2.11 bits per heavy atom. The summed E-state index contributed by atoms with van der Waals surface area (Å²) in [4.78, 5) is 0. The highest BCUT2D eigenvalue weighted by Crippen LogP contribution is 2.12. The van der Waals surface area contributed by atoms with Crippen molar-refractivity contribution in [2.24, 2.45) is 0 Å². The molecule has 1 saturated heterocycles. The number of hydrogen-bond donors (Lipinski definition) is 0. The minimum absolute atomic E-state index is 0. The zero-order valence-corrected chi connectivity index (χ0v) is 6.82. The number of rotatable bonds is 2. The second-order valence-corrected chi connectivity index (χ2v) is 2.81. The van der Waals surface area contributed by atoms with E-state index in [2.05, 4.69) is 14.0 Å². The van der Waals surface area contributed by atoms with Gasteiger partial charge in [0, 0.05) is 0 Å². The molecule has 0 unspecified atom stereocenters. The van der Waals surface area contributed by atoms with Gasteiger partial charge in [-0.2, -0.15) is 0 Å². The summed E-state index contributed by atoms with van der Waals surface area (Å²) in [6.07, 6.45) is 1.26. The highest BCUT2D eigenvalue weighted by atomic mass is 35.5. The molecule has 1 aliphatic rings. The first kappa shape index (κ1) is 9.21. The van der Waals surface area contributed by atoms with Crippen molar-refractivity contribution in [3.8, 4) is 0 Å². The van der Waals surface area contributed by atoms with Crippen molar-refractivity contribution in [1.29, 1.82) is 0 Å². The molecule has 0 atom stereocenters. The Morgan fingerprint density at radius 2 is 2.00 bits per heavy atom. The first-order valence-electron chi connectivity index (χ1n) is 3.18. The summed E-state index contributed by atoms with van der Waals surface area (Å²) in [5, 5.41) is 0. The van der Waals surface area contributed by atoms with E-state index in [1.54, 1.807) is 0 Å². The first-order chi connectivity index (χ1) is 3.77. The highest BCUT2D eigenvalue weighted by Gasteiger charge is 2.29. The van der Waals surface area contributed by atoms with E-state index < -0.39 is 0 Å². The van der Waals surface area contributed by atoms with Crippen LogP contribution < -0.4 is 12.4 Å². The van der Waals surface area contributed by atoms with Crippen molar-refractivity contribution >= 4 is 0 Å². The van der Waals surface area contributed by atoms with E-state index in [0.717, 1.165) is 17.9 Å². The van der Waals surface area contributed by atoms with Crippen molar-refractivity contribution in [2.45, 2.75) is 13.3 Å². The molecule has 9 heavy (non-hydrogen) atoms. The Labute approximate surface area is 62.8 Å². The Balaban J connectivity index is 0.000000640. The molecule has 56 valence electrons. The largest absolute Gasteiger partial charge is 1.00 e. The van der Waals surface area contributed by atoms with Gasteiger partial charge in [-0.05, 0) is 6.42 Å². The Hall–Kier alpha value is 0.210. The van der Waals surface area contributed by atoms with Crippen LogP contribution in [0.4, 0.5) is 0 Å². The molecule has 0 saturated carbocycles. The van der Waals surface area contributed by atoms with Crippen LogP contribution in [0.1, 0.15) is 13.3 Å². The van der Waals surface area contributed by atoms with Crippen LogP contribution in [-0.4, -0.2) is 31.5 Å². The summed E-state index contributed by atoms with van der Waals surface area (Å²) in [5.41, 5.74) is 0. The SMILES string of the molecule is CCC[N+]1(C)COC1.[Cl-]. The summed E-state index contributed by atoms with van der Waals surface area (Å²) in [6, 6.07) is 0. The molecule has 1 aliphatic heterocycles. The van der Waals surface area contributed by atoms with Gasteiger partial charge in [-0.1, -0.05) is 6.92 Å². The lowest BCUT2D eigenvalue weighted by Crippen LogP contribution is -3.00. The number of halogens is 1. The monoisotopic (exact) mass is 151 g/mol. The lowest BCUT2D eigenvalue weighted by atomic mass is 10.4. The van der Waals surface area contributed by atoms with Gasteiger partial charge in [0.1, 0.15) is 0 Å². The predicted octanol–water partition coefficient (Wildman–Crippen LogP) is -2.21. The second-order valence-electron chi connectivity index (χ2n) is 2.81. The van der Waals surface area contributed by atoms with E-state index >= 15 is 0 Å². The van der Waals surface area contributed by atoms with Crippen molar-refractivity contribution < 1.29 is 21.6 Å². The number of hydrogen-bond acceptors (Lipinski definition) is 1. The summed E-state index contributed by atoms with van der Waals surface area (Å²) >= 11 is 0. The van der Waals surface area contributed by atoms with Gasteiger partial charge in [-0.3, -0.25) is 9.22 Å². The number of quaternary nitrogens is 1. The third-order valence-electron chi connectivity index (χ3n) is 1.57. The van der Waals surface area contributed by atoms with E-state index in [-0.39, 0.29) is 12.4 Å². The topological polar surface area (TPSA) is 9.23 Å². The maximum absolute atomic E-state index is 5.06. The molecule has 0 radical (unpaired) electrons. The van der Waals surface area contributed by atoms with Gasteiger partial charge in [0.15, 0.2) is 13.5 Å². The van der Waals surface area contributed by atoms with E-state index in [9.17, 15) is 0 Å². The van der Waals surface area contributed by atoms with Gasteiger partial charge >= 0.3 is 0 Å². The van der Waals surface area contributed by atoms with Crippen LogP contribution in [0.25, 0.3) is 0 Å². The molecule has 1 heterocycles. The maximum Gasteiger partial charge on any atom is 0.190 e. The first-order valence-corrected chi connectivity index (χ1v) is 3.18. The fraction of sp³-hybridized carbons (Fsp3) is 1.00. The quantitative estimate of drug-likeness (QED) is 0.407. The third kappa shape index (κ3) is 2.12. The average molecular weight is 152 g/mol. The number of nitrogens with zero attached hydrogens (tertiary/aromatic N) is 1. The standard InChI is InChI=1S/C6H14NO.ClH/c1-3-4-7(2)5-8-6-7;/h3-6H2,1-2H3;1H/q+1;/p-1. The van der Waals surface area contributed by atoms with Crippen LogP contribution in [0.3, 0.4) is 0 Å². The van der Waals surface area contributed by atoms with Crippen molar-refractivity contribution in [2.75, 3.05) is 27.1 Å². The smallest absolute Gasteiger partial charge is 0.190 e. The Morgan fingerprint density at radius 1 is 1.44 bits per heavy atom. The minimum atomic E-state index is 0. The number of ether oxygens (including phenoxy) is 1. The lowest BCUT2D eigenvalue weighted by molar-refractivity contribution is -1.01. The molecule has 3 heteroatoms. The molecule has 0 bridgehead atoms. The van der Waals surface area contributed by atoms with E-state index in [1.807, 2.05) is 0 Å². The molecule has 0 aromatic rings.